The van der Waals surface area contributed by atoms with Crippen molar-refractivity contribution in [1.82, 2.24) is 10.2 Å². The molecule has 2 heterocycles. The summed E-state index contributed by atoms with van der Waals surface area (Å²) in [5, 5.41) is 8.54. The van der Waals surface area contributed by atoms with E-state index in [2.05, 4.69) is 10.2 Å². The van der Waals surface area contributed by atoms with Gasteiger partial charge in [0, 0.05) is 30.0 Å². The quantitative estimate of drug-likeness (QED) is 0.341. The molecule has 1 amide bonds. The average Bonchev–Trinajstić information content (AvgIpc) is 3.22. The van der Waals surface area contributed by atoms with E-state index in [-0.39, 0.29) is 18.3 Å². The third-order valence-electron chi connectivity index (χ3n) is 5.64. The van der Waals surface area contributed by atoms with Gasteiger partial charge in [-0.1, -0.05) is 48.0 Å². The molecule has 0 aliphatic carbocycles. The molecule has 0 saturated carbocycles. The van der Waals surface area contributed by atoms with Crippen LogP contribution in [0, 0.1) is 12.7 Å². The lowest BCUT2D eigenvalue weighted by atomic mass is 9.93. The van der Waals surface area contributed by atoms with Crippen molar-refractivity contribution in [2.24, 2.45) is 0 Å². The minimum Gasteiger partial charge on any atom is -0.421 e. The zero-order valence-corrected chi connectivity index (χ0v) is 18.7. The summed E-state index contributed by atoms with van der Waals surface area (Å²) in [6, 6.07) is 16.0. The van der Waals surface area contributed by atoms with E-state index in [9.17, 15) is 4.79 Å². The van der Waals surface area contributed by atoms with Crippen molar-refractivity contribution in [3.63, 3.8) is 0 Å². The Bertz CT molecular complexity index is 1430. The minimum absolute atomic E-state index is 0.132. The van der Waals surface area contributed by atoms with Crippen LogP contribution < -0.4 is 4.90 Å². The third kappa shape index (κ3) is 3.94. The summed E-state index contributed by atoms with van der Waals surface area (Å²) in [7, 11) is 0. The zero-order chi connectivity index (χ0) is 23.1. The molecule has 5 rings (SSSR count). The molecule has 0 unspecified atom stereocenters. The molecule has 7 heteroatoms. The van der Waals surface area contributed by atoms with Gasteiger partial charge >= 0.3 is 0 Å². The number of carbonyl (C=O) groups excluding carboxylic acids is 1. The number of hydrogen-bond donors (Lipinski definition) is 0. The van der Waals surface area contributed by atoms with Gasteiger partial charge in [-0.15, -0.1) is 10.2 Å². The molecule has 0 fully saturated rings. The maximum Gasteiger partial charge on any atom is 0.248 e. The number of aromatic nitrogens is 2. The van der Waals surface area contributed by atoms with Crippen molar-refractivity contribution in [3.05, 3.63) is 88.0 Å². The van der Waals surface area contributed by atoms with Crippen LogP contribution in [0.4, 0.5) is 10.1 Å². The van der Waals surface area contributed by atoms with Gasteiger partial charge in [0.05, 0.1) is 12.2 Å². The predicted octanol–water partition coefficient (Wildman–Crippen LogP) is 6.54. The smallest absolute Gasteiger partial charge is 0.248 e. The number of hydrogen-bond acceptors (Lipinski definition) is 4. The van der Waals surface area contributed by atoms with Gasteiger partial charge in [0.1, 0.15) is 5.82 Å². The van der Waals surface area contributed by atoms with Gasteiger partial charge in [0.25, 0.3) is 0 Å². The van der Waals surface area contributed by atoms with Crippen LogP contribution in [0.2, 0.25) is 5.02 Å². The van der Waals surface area contributed by atoms with Crippen LogP contribution in [0.15, 0.2) is 59.0 Å². The first-order valence-corrected chi connectivity index (χ1v) is 10.8. The van der Waals surface area contributed by atoms with Crippen LogP contribution in [0.5, 0.6) is 0 Å². The molecule has 0 atom stereocenters. The molecule has 4 aromatic rings. The van der Waals surface area contributed by atoms with Gasteiger partial charge in [-0.3, -0.25) is 4.79 Å². The molecule has 1 aliphatic rings. The van der Waals surface area contributed by atoms with E-state index in [0.717, 1.165) is 11.1 Å². The first-order valence-electron chi connectivity index (χ1n) is 10.4. The number of halogens is 2. The largest absolute Gasteiger partial charge is 0.421 e. The predicted molar refractivity (Wildman–Crippen MR) is 127 cm³/mol. The number of amides is 1. The molecule has 164 valence electrons. The van der Waals surface area contributed by atoms with Gasteiger partial charge in [0.2, 0.25) is 17.7 Å². The minimum atomic E-state index is -0.381. The SMILES string of the molecule is CC(=O)N1Cc2cc(-c3ccccc3-c3nnc(C)o3)c(F)cc2C=Cc2ccc(Cl)cc21. The van der Waals surface area contributed by atoms with Gasteiger partial charge in [-0.05, 0) is 52.6 Å². The molecule has 33 heavy (non-hydrogen) atoms. The maximum absolute atomic E-state index is 15.4. The second-order valence-electron chi connectivity index (χ2n) is 7.84. The van der Waals surface area contributed by atoms with Crippen molar-refractivity contribution in [1.29, 1.82) is 0 Å². The molecule has 0 bridgehead atoms. The summed E-state index contributed by atoms with van der Waals surface area (Å²) in [4.78, 5) is 14.2. The lowest BCUT2D eigenvalue weighted by Gasteiger charge is -2.26. The summed E-state index contributed by atoms with van der Waals surface area (Å²) in [6.45, 7) is 3.49. The summed E-state index contributed by atoms with van der Waals surface area (Å²) < 4.78 is 21.0. The molecule has 3 aromatic carbocycles. The molecule has 0 spiro atoms. The van der Waals surface area contributed by atoms with Crippen LogP contribution in [-0.4, -0.2) is 16.1 Å². The summed E-state index contributed by atoms with van der Waals surface area (Å²) >= 11 is 6.21. The molecular weight excluding hydrogens is 441 g/mol. The fourth-order valence-corrected chi connectivity index (χ4v) is 4.22. The number of aryl methyl sites for hydroxylation is 1. The summed E-state index contributed by atoms with van der Waals surface area (Å²) in [5.74, 6) is 0.238. The maximum atomic E-state index is 15.4. The van der Waals surface area contributed by atoms with Crippen LogP contribution in [0.1, 0.15) is 29.5 Å². The first kappa shape index (κ1) is 21.1. The third-order valence-corrected chi connectivity index (χ3v) is 5.87. The van der Waals surface area contributed by atoms with E-state index in [1.54, 1.807) is 30.0 Å². The second kappa shape index (κ2) is 8.30. The Labute approximate surface area is 195 Å². The first-order chi connectivity index (χ1) is 15.9. The Balaban J connectivity index is 1.67. The fraction of sp³-hybridized carbons (Fsp3) is 0.115. The summed E-state index contributed by atoms with van der Waals surface area (Å²) in [5.41, 5.74) is 4.72. The number of carbonyl (C=O) groups is 1. The van der Waals surface area contributed by atoms with E-state index >= 15 is 4.39 Å². The van der Waals surface area contributed by atoms with E-state index < -0.39 is 0 Å². The van der Waals surface area contributed by atoms with Crippen molar-refractivity contribution in [2.75, 3.05) is 4.90 Å². The Kier molecular flexibility index (Phi) is 5.30. The van der Waals surface area contributed by atoms with Crippen molar-refractivity contribution in [3.8, 4) is 22.6 Å². The van der Waals surface area contributed by atoms with E-state index in [1.807, 2.05) is 42.5 Å². The standard InChI is InChI=1S/C26H19ClFN3O2/c1-15-29-30-26(33-15)22-6-4-3-5-21(22)23-11-19-14-31(16(2)32)25-13-20(27)10-9-17(25)7-8-18(19)12-24(23)28/h3-13H,14H2,1-2H3. The van der Waals surface area contributed by atoms with Crippen LogP contribution in [-0.2, 0) is 11.3 Å². The Morgan fingerprint density at radius 2 is 1.76 bits per heavy atom. The second-order valence-corrected chi connectivity index (χ2v) is 8.28. The normalized spacial score (nSPS) is 12.7. The Hall–Kier alpha value is -3.77. The van der Waals surface area contributed by atoms with Crippen molar-refractivity contribution >= 4 is 35.3 Å². The van der Waals surface area contributed by atoms with Gasteiger partial charge < -0.3 is 9.32 Å². The Morgan fingerprint density at radius 1 is 1.00 bits per heavy atom. The van der Waals surface area contributed by atoms with E-state index in [4.69, 9.17) is 16.0 Å². The van der Waals surface area contributed by atoms with Crippen LogP contribution >= 0.6 is 11.6 Å². The van der Waals surface area contributed by atoms with Crippen molar-refractivity contribution < 1.29 is 13.6 Å². The number of anilines is 1. The average molecular weight is 460 g/mol. The van der Waals surface area contributed by atoms with E-state index in [0.29, 0.717) is 44.7 Å². The molecule has 0 N–H and O–H groups in total. The van der Waals surface area contributed by atoms with Crippen LogP contribution in [0.25, 0.3) is 34.7 Å². The zero-order valence-electron chi connectivity index (χ0n) is 18.0. The molecule has 0 radical (unpaired) electrons. The number of nitrogens with zero attached hydrogens (tertiary/aromatic N) is 3. The summed E-state index contributed by atoms with van der Waals surface area (Å²) in [6.07, 6.45) is 3.73. The highest BCUT2D eigenvalue weighted by Crippen LogP contribution is 2.37. The molecule has 5 nitrogen and oxygen atoms in total. The number of fused-ring (bicyclic) bond motifs is 2. The number of benzene rings is 3. The van der Waals surface area contributed by atoms with Gasteiger partial charge in [0.15, 0.2) is 0 Å². The highest BCUT2D eigenvalue weighted by molar-refractivity contribution is 6.31. The topological polar surface area (TPSA) is 59.2 Å². The highest BCUT2D eigenvalue weighted by atomic mass is 35.5. The molecule has 1 aromatic heterocycles. The Morgan fingerprint density at radius 3 is 2.48 bits per heavy atom. The highest BCUT2D eigenvalue weighted by Gasteiger charge is 2.22. The molecule has 1 aliphatic heterocycles. The monoisotopic (exact) mass is 459 g/mol. The lowest BCUT2D eigenvalue weighted by molar-refractivity contribution is -0.116. The van der Waals surface area contributed by atoms with Gasteiger partial charge in [-0.25, -0.2) is 4.39 Å². The number of rotatable bonds is 2. The van der Waals surface area contributed by atoms with Crippen molar-refractivity contribution in [2.45, 2.75) is 20.4 Å². The van der Waals surface area contributed by atoms with Gasteiger partial charge in [-0.2, -0.15) is 0 Å². The van der Waals surface area contributed by atoms with Crippen LogP contribution in [0.3, 0.4) is 0 Å². The van der Waals surface area contributed by atoms with E-state index in [1.165, 1.54) is 13.0 Å². The molecule has 0 saturated heterocycles. The lowest BCUT2D eigenvalue weighted by Crippen LogP contribution is -2.29. The molecular formula is C26H19ClFN3O2. The fourth-order valence-electron chi connectivity index (χ4n) is 4.05.